The largest absolute Gasteiger partial charge is 0.139 e. The van der Waals surface area contributed by atoms with Gasteiger partial charge in [0.2, 0.25) is 0 Å². The summed E-state index contributed by atoms with van der Waals surface area (Å²) < 4.78 is 0. The molecular weight excluding hydrogens is 705 g/mol. The maximum atomic E-state index is 2.51. The fourth-order valence-corrected chi connectivity index (χ4v) is 12.1. The standard InChI is InChI=1S/C48H66S4/c1-5-7-9-11-13-15-17-19-21-23-25-40-35-38(4)49-47(40)44-33-31-42(50-44)43-32-34-45(51-43)48-41(26-24-22-20-18-16-14-12-10-8-6-2)36-46(52-48)39-29-27-37(3)28-30-39/h27-36H,5-26H2,1-4H3. The molecule has 0 atom stereocenters. The first kappa shape index (κ1) is 41.2. The van der Waals surface area contributed by atoms with Gasteiger partial charge in [0.15, 0.2) is 0 Å². The summed E-state index contributed by atoms with van der Waals surface area (Å²) in [6.07, 6.45) is 30.2. The average molecular weight is 771 g/mol. The average Bonchev–Trinajstić information content (AvgIpc) is 3.97. The van der Waals surface area contributed by atoms with E-state index in [1.165, 1.54) is 191 Å². The number of rotatable bonds is 26. The molecule has 4 aromatic heterocycles. The minimum atomic E-state index is 1.18. The van der Waals surface area contributed by atoms with E-state index in [0.29, 0.717) is 0 Å². The van der Waals surface area contributed by atoms with E-state index in [2.05, 4.69) is 88.4 Å². The van der Waals surface area contributed by atoms with Gasteiger partial charge in [0, 0.05) is 39.0 Å². The zero-order valence-corrected chi connectivity index (χ0v) is 36.2. The highest BCUT2D eigenvalue weighted by Gasteiger charge is 2.17. The minimum Gasteiger partial charge on any atom is -0.139 e. The summed E-state index contributed by atoms with van der Waals surface area (Å²) in [7, 11) is 0. The van der Waals surface area contributed by atoms with Crippen LogP contribution in [0.3, 0.4) is 0 Å². The highest BCUT2D eigenvalue weighted by molar-refractivity contribution is 7.29. The SMILES string of the molecule is CCCCCCCCCCCCc1cc(C)sc1-c1ccc(-c2ccc(-c3sc(-c4ccc(C)cc4)cc3CCCCCCCCCCCC)s2)s1. The molecule has 1 aromatic carbocycles. The molecule has 4 heterocycles. The normalized spacial score (nSPS) is 11.6. The van der Waals surface area contributed by atoms with Crippen LogP contribution in [0.1, 0.15) is 164 Å². The third kappa shape index (κ3) is 13.1. The van der Waals surface area contributed by atoms with Crippen LogP contribution in [0.25, 0.3) is 39.7 Å². The van der Waals surface area contributed by atoms with Crippen molar-refractivity contribution in [2.45, 2.75) is 169 Å². The van der Waals surface area contributed by atoms with E-state index < -0.39 is 0 Å². The summed E-state index contributed by atoms with van der Waals surface area (Å²) in [5, 5.41) is 0. The molecule has 0 bridgehead atoms. The Balaban J connectivity index is 1.19. The lowest BCUT2D eigenvalue weighted by Gasteiger charge is -2.04. The molecular formula is C48H66S4. The summed E-state index contributed by atoms with van der Waals surface area (Å²) >= 11 is 7.98. The molecule has 0 radical (unpaired) electrons. The molecule has 282 valence electrons. The van der Waals surface area contributed by atoms with E-state index in [4.69, 9.17) is 0 Å². The van der Waals surface area contributed by atoms with E-state index in [0.717, 1.165) is 0 Å². The van der Waals surface area contributed by atoms with Crippen molar-refractivity contribution in [2.24, 2.45) is 0 Å². The third-order valence-corrected chi connectivity index (χ3v) is 15.6. The second-order valence-corrected chi connectivity index (χ2v) is 19.7. The predicted molar refractivity (Wildman–Crippen MR) is 240 cm³/mol. The summed E-state index contributed by atoms with van der Waals surface area (Å²) in [5.74, 6) is 0. The smallest absolute Gasteiger partial charge is 0.0481 e. The van der Waals surface area contributed by atoms with Crippen LogP contribution in [-0.2, 0) is 12.8 Å². The van der Waals surface area contributed by atoms with Crippen LogP contribution in [0.2, 0.25) is 0 Å². The molecule has 0 nitrogen and oxygen atoms in total. The van der Waals surface area contributed by atoms with Crippen molar-refractivity contribution in [1.29, 1.82) is 0 Å². The summed E-state index contributed by atoms with van der Waals surface area (Å²) in [5.41, 5.74) is 5.80. The van der Waals surface area contributed by atoms with Crippen molar-refractivity contribution in [1.82, 2.24) is 0 Å². The van der Waals surface area contributed by atoms with E-state index in [1.807, 2.05) is 45.3 Å². The lowest BCUT2D eigenvalue weighted by atomic mass is 10.0. The Morgan fingerprint density at radius 3 is 1.25 bits per heavy atom. The zero-order chi connectivity index (χ0) is 36.4. The van der Waals surface area contributed by atoms with Gasteiger partial charge in [0.05, 0.1) is 0 Å². The molecule has 0 aliphatic rings. The molecule has 5 aromatic rings. The minimum absolute atomic E-state index is 1.18. The lowest BCUT2D eigenvalue weighted by molar-refractivity contribution is 0.556. The van der Waals surface area contributed by atoms with Crippen molar-refractivity contribution >= 4 is 45.3 Å². The molecule has 0 N–H and O–H groups in total. The molecule has 52 heavy (non-hydrogen) atoms. The highest BCUT2D eigenvalue weighted by atomic mass is 32.1. The van der Waals surface area contributed by atoms with Gasteiger partial charge < -0.3 is 0 Å². The molecule has 0 saturated carbocycles. The Morgan fingerprint density at radius 1 is 0.365 bits per heavy atom. The van der Waals surface area contributed by atoms with Crippen LogP contribution in [-0.4, -0.2) is 0 Å². The molecule has 0 aliphatic heterocycles. The van der Waals surface area contributed by atoms with E-state index in [9.17, 15) is 0 Å². The number of hydrogen-bond donors (Lipinski definition) is 0. The van der Waals surface area contributed by atoms with Crippen molar-refractivity contribution in [3.05, 3.63) is 82.2 Å². The van der Waals surface area contributed by atoms with Crippen molar-refractivity contribution in [3.8, 4) is 39.7 Å². The van der Waals surface area contributed by atoms with Gasteiger partial charge in [-0.25, -0.2) is 0 Å². The van der Waals surface area contributed by atoms with Gasteiger partial charge in [-0.1, -0.05) is 159 Å². The summed E-state index contributed by atoms with van der Waals surface area (Å²) in [6.45, 7) is 9.08. The number of aryl methyl sites for hydroxylation is 4. The van der Waals surface area contributed by atoms with Gasteiger partial charge in [0.25, 0.3) is 0 Å². The fourth-order valence-electron chi connectivity index (χ4n) is 7.43. The Morgan fingerprint density at radius 2 is 0.769 bits per heavy atom. The molecule has 5 rings (SSSR count). The first-order valence-electron chi connectivity index (χ1n) is 21.1. The van der Waals surface area contributed by atoms with Crippen molar-refractivity contribution in [2.75, 3.05) is 0 Å². The highest BCUT2D eigenvalue weighted by Crippen LogP contribution is 2.46. The number of unbranched alkanes of at least 4 members (excludes halogenated alkanes) is 18. The van der Waals surface area contributed by atoms with E-state index in [1.54, 1.807) is 11.1 Å². The molecule has 0 unspecified atom stereocenters. The van der Waals surface area contributed by atoms with Gasteiger partial charge >= 0.3 is 0 Å². The third-order valence-electron chi connectivity index (χ3n) is 10.6. The Hall–Kier alpha value is -1.98. The Kier molecular flexibility index (Phi) is 18.3. The Labute approximate surface area is 334 Å². The van der Waals surface area contributed by atoms with Crippen molar-refractivity contribution < 1.29 is 0 Å². The molecule has 4 heteroatoms. The monoisotopic (exact) mass is 770 g/mol. The second kappa shape index (κ2) is 23.1. The summed E-state index contributed by atoms with van der Waals surface area (Å²) in [4.78, 5) is 11.6. The predicted octanol–water partition coefficient (Wildman–Crippen LogP) is 18.1. The van der Waals surface area contributed by atoms with Crippen molar-refractivity contribution in [3.63, 3.8) is 0 Å². The molecule has 0 aliphatic carbocycles. The van der Waals surface area contributed by atoms with Crippen LogP contribution >= 0.6 is 45.3 Å². The maximum Gasteiger partial charge on any atom is 0.0481 e. The number of hydrogen-bond acceptors (Lipinski definition) is 4. The molecule has 0 spiro atoms. The number of thiophene rings is 4. The molecule has 0 amide bonds. The topological polar surface area (TPSA) is 0 Å². The van der Waals surface area contributed by atoms with Crippen LogP contribution in [0.4, 0.5) is 0 Å². The Bertz CT molecular complexity index is 1690. The zero-order valence-electron chi connectivity index (χ0n) is 33.0. The van der Waals surface area contributed by atoms with Gasteiger partial charge in [-0.2, -0.15) is 0 Å². The van der Waals surface area contributed by atoms with Crippen LogP contribution < -0.4 is 0 Å². The van der Waals surface area contributed by atoms with Gasteiger partial charge in [-0.15, -0.1) is 45.3 Å². The van der Waals surface area contributed by atoms with E-state index >= 15 is 0 Å². The fraction of sp³-hybridized carbons (Fsp3) is 0.542. The number of benzene rings is 1. The van der Waals surface area contributed by atoms with Crippen LogP contribution in [0, 0.1) is 13.8 Å². The van der Waals surface area contributed by atoms with Crippen LogP contribution in [0.15, 0.2) is 60.7 Å². The first-order valence-corrected chi connectivity index (χ1v) is 24.3. The second-order valence-electron chi connectivity index (χ2n) is 15.2. The summed E-state index contributed by atoms with van der Waals surface area (Å²) in [6, 6.07) is 23.7. The van der Waals surface area contributed by atoms with Gasteiger partial charge in [-0.05, 0) is 92.6 Å². The first-order chi connectivity index (χ1) is 25.6. The van der Waals surface area contributed by atoms with Gasteiger partial charge in [0.1, 0.15) is 0 Å². The van der Waals surface area contributed by atoms with Gasteiger partial charge in [-0.3, -0.25) is 0 Å². The van der Waals surface area contributed by atoms with Crippen LogP contribution in [0.5, 0.6) is 0 Å². The molecule has 0 saturated heterocycles. The van der Waals surface area contributed by atoms with E-state index in [-0.39, 0.29) is 0 Å². The lowest BCUT2D eigenvalue weighted by Crippen LogP contribution is -1.86. The molecule has 0 fully saturated rings. The maximum absolute atomic E-state index is 2.51. The quantitative estimate of drug-likeness (QED) is 0.0491.